The predicted octanol–water partition coefficient (Wildman–Crippen LogP) is 2.48. The van der Waals surface area contributed by atoms with Gasteiger partial charge in [0, 0.05) is 19.2 Å². The first kappa shape index (κ1) is 13.9. The zero-order chi connectivity index (χ0) is 14.5. The van der Waals surface area contributed by atoms with Crippen LogP contribution in [0, 0.1) is 6.92 Å². The Hall–Kier alpha value is -2.56. The number of carbonyl (C=O) groups is 2. The molecule has 0 aliphatic heterocycles. The Morgan fingerprint density at radius 1 is 1.15 bits per heavy atom. The second-order valence-corrected chi connectivity index (χ2v) is 4.45. The first-order chi connectivity index (χ1) is 9.56. The Morgan fingerprint density at radius 3 is 2.40 bits per heavy atom. The molecule has 0 saturated carbocycles. The molecule has 1 aromatic heterocycles. The third-order valence-corrected chi connectivity index (χ3v) is 2.83. The number of rotatable bonds is 4. The molecule has 0 bridgehead atoms. The Kier molecular flexibility index (Phi) is 4.20. The third-order valence-electron chi connectivity index (χ3n) is 2.83. The maximum atomic E-state index is 11.9. The van der Waals surface area contributed by atoms with Gasteiger partial charge in [-0.15, -0.1) is 0 Å². The van der Waals surface area contributed by atoms with Crippen LogP contribution in [0.2, 0.25) is 0 Å². The fourth-order valence-corrected chi connectivity index (χ4v) is 1.81. The van der Waals surface area contributed by atoms with Gasteiger partial charge in [0.05, 0.1) is 11.8 Å². The second kappa shape index (κ2) is 6.06. The lowest BCUT2D eigenvalue weighted by Gasteiger charge is -2.06. The largest absolute Gasteiger partial charge is 0.469 e. The smallest absolute Gasteiger partial charge is 0.255 e. The van der Waals surface area contributed by atoms with Crippen LogP contribution in [0.5, 0.6) is 0 Å². The summed E-state index contributed by atoms with van der Waals surface area (Å²) in [5.41, 5.74) is 2.23. The van der Waals surface area contributed by atoms with Crippen molar-refractivity contribution in [3.8, 4) is 0 Å². The van der Waals surface area contributed by atoms with Crippen molar-refractivity contribution in [2.75, 3.05) is 5.32 Å². The number of anilines is 1. The van der Waals surface area contributed by atoms with Crippen LogP contribution in [-0.4, -0.2) is 11.8 Å². The lowest BCUT2D eigenvalue weighted by molar-refractivity contribution is -0.114. The summed E-state index contributed by atoms with van der Waals surface area (Å²) in [7, 11) is 0. The maximum Gasteiger partial charge on any atom is 0.255 e. The Bertz CT molecular complexity index is 614. The number of hydrogen-bond acceptors (Lipinski definition) is 3. The number of aryl methyl sites for hydroxylation is 1. The number of carbonyl (C=O) groups excluding carboxylic acids is 2. The molecule has 1 aromatic carbocycles. The van der Waals surface area contributed by atoms with E-state index >= 15 is 0 Å². The molecule has 104 valence electrons. The van der Waals surface area contributed by atoms with E-state index in [9.17, 15) is 9.59 Å². The summed E-state index contributed by atoms with van der Waals surface area (Å²) in [6.45, 7) is 3.63. The van der Waals surface area contributed by atoms with Crippen LogP contribution in [0.4, 0.5) is 5.69 Å². The second-order valence-electron chi connectivity index (χ2n) is 4.45. The number of benzene rings is 1. The van der Waals surface area contributed by atoms with E-state index in [0.717, 1.165) is 11.3 Å². The van der Waals surface area contributed by atoms with E-state index < -0.39 is 0 Å². The molecule has 0 aliphatic rings. The SMILES string of the molecule is CC(=O)Nc1ccc(CNC(=O)c2ccoc2C)cc1. The van der Waals surface area contributed by atoms with Crippen molar-refractivity contribution < 1.29 is 14.0 Å². The highest BCUT2D eigenvalue weighted by atomic mass is 16.3. The summed E-state index contributed by atoms with van der Waals surface area (Å²) in [6, 6.07) is 8.95. The van der Waals surface area contributed by atoms with Crippen LogP contribution < -0.4 is 10.6 Å². The van der Waals surface area contributed by atoms with E-state index in [0.29, 0.717) is 17.9 Å². The van der Waals surface area contributed by atoms with E-state index in [1.807, 2.05) is 12.1 Å². The standard InChI is InChI=1S/C15H16N2O3/c1-10-14(7-8-20-10)15(19)16-9-12-3-5-13(6-4-12)17-11(2)18/h3-8H,9H2,1-2H3,(H,16,19)(H,17,18). The third kappa shape index (κ3) is 3.47. The van der Waals surface area contributed by atoms with Crippen molar-refractivity contribution in [1.29, 1.82) is 0 Å². The average molecular weight is 272 g/mol. The van der Waals surface area contributed by atoms with E-state index in [1.165, 1.54) is 13.2 Å². The van der Waals surface area contributed by atoms with Gasteiger partial charge in [0.25, 0.3) is 5.91 Å². The lowest BCUT2D eigenvalue weighted by Crippen LogP contribution is -2.22. The van der Waals surface area contributed by atoms with Gasteiger partial charge >= 0.3 is 0 Å². The molecule has 0 saturated heterocycles. The first-order valence-corrected chi connectivity index (χ1v) is 6.25. The maximum absolute atomic E-state index is 11.9. The zero-order valence-electron chi connectivity index (χ0n) is 11.4. The van der Waals surface area contributed by atoms with E-state index in [-0.39, 0.29) is 11.8 Å². The average Bonchev–Trinajstić information content (AvgIpc) is 2.83. The van der Waals surface area contributed by atoms with Crippen molar-refractivity contribution in [2.24, 2.45) is 0 Å². The Balaban J connectivity index is 1.93. The number of amides is 2. The van der Waals surface area contributed by atoms with Gasteiger partial charge in [0.1, 0.15) is 5.76 Å². The van der Waals surface area contributed by atoms with Gasteiger partial charge < -0.3 is 15.1 Å². The highest BCUT2D eigenvalue weighted by molar-refractivity contribution is 5.95. The van der Waals surface area contributed by atoms with E-state index in [2.05, 4.69) is 10.6 Å². The zero-order valence-corrected chi connectivity index (χ0v) is 11.4. The van der Waals surface area contributed by atoms with Crippen LogP contribution in [-0.2, 0) is 11.3 Å². The molecule has 0 fully saturated rings. The number of hydrogen-bond donors (Lipinski definition) is 2. The number of nitrogens with one attached hydrogen (secondary N) is 2. The lowest BCUT2D eigenvalue weighted by atomic mass is 10.2. The molecule has 2 amide bonds. The highest BCUT2D eigenvalue weighted by Crippen LogP contribution is 2.11. The summed E-state index contributed by atoms with van der Waals surface area (Å²) in [5, 5.41) is 5.50. The van der Waals surface area contributed by atoms with Gasteiger partial charge in [-0.3, -0.25) is 9.59 Å². The van der Waals surface area contributed by atoms with Crippen molar-refractivity contribution in [3.63, 3.8) is 0 Å². The van der Waals surface area contributed by atoms with Gasteiger partial charge in [0.15, 0.2) is 0 Å². The molecule has 0 unspecified atom stereocenters. The van der Waals surface area contributed by atoms with Gasteiger partial charge in [-0.25, -0.2) is 0 Å². The fraction of sp³-hybridized carbons (Fsp3) is 0.200. The van der Waals surface area contributed by atoms with Crippen LogP contribution in [0.1, 0.15) is 28.6 Å². The van der Waals surface area contributed by atoms with Gasteiger partial charge in [-0.2, -0.15) is 0 Å². The van der Waals surface area contributed by atoms with Gasteiger partial charge in [-0.05, 0) is 30.7 Å². The molecular weight excluding hydrogens is 256 g/mol. The monoisotopic (exact) mass is 272 g/mol. The Labute approximate surface area is 117 Å². The van der Waals surface area contributed by atoms with Crippen LogP contribution in [0.3, 0.4) is 0 Å². The summed E-state index contributed by atoms with van der Waals surface area (Å²) in [4.78, 5) is 22.8. The molecule has 5 nitrogen and oxygen atoms in total. The molecule has 2 rings (SSSR count). The molecule has 5 heteroatoms. The molecule has 1 heterocycles. The van der Waals surface area contributed by atoms with Gasteiger partial charge in [0.2, 0.25) is 5.91 Å². The summed E-state index contributed by atoms with van der Waals surface area (Å²) in [6.07, 6.45) is 1.49. The summed E-state index contributed by atoms with van der Waals surface area (Å²) >= 11 is 0. The van der Waals surface area contributed by atoms with E-state index in [1.54, 1.807) is 25.1 Å². The summed E-state index contributed by atoms with van der Waals surface area (Å²) < 4.78 is 5.09. The van der Waals surface area contributed by atoms with E-state index in [4.69, 9.17) is 4.42 Å². The topological polar surface area (TPSA) is 71.3 Å². The molecular formula is C15H16N2O3. The van der Waals surface area contributed by atoms with Crippen molar-refractivity contribution >= 4 is 17.5 Å². The minimum Gasteiger partial charge on any atom is -0.469 e. The van der Waals surface area contributed by atoms with Crippen LogP contribution in [0.15, 0.2) is 41.0 Å². The molecule has 2 N–H and O–H groups in total. The molecule has 20 heavy (non-hydrogen) atoms. The minimum absolute atomic E-state index is 0.110. The number of furan rings is 1. The molecule has 0 atom stereocenters. The molecule has 0 aliphatic carbocycles. The molecule has 0 radical (unpaired) electrons. The quantitative estimate of drug-likeness (QED) is 0.898. The highest BCUT2D eigenvalue weighted by Gasteiger charge is 2.10. The molecule has 0 spiro atoms. The van der Waals surface area contributed by atoms with Crippen molar-refractivity contribution in [2.45, 2.75) is 20.4 Å². The summed E-state index contributed by atoms with van der Waals surface area (Å²) in [5.74, 6) is 0.326. The fourth-order valence-electron chi connectivity index (χ4n) is 1.81. The predicted molar refractivity (Wildman–Crippen MR) is 75.4 cm³/mol. The van der Waals surface area contributed by atoms with Crippen LogP contribution in [0.25, 0.3) is 0 Å². The van der Waals surface area contributed by atoms with Gasteiger partial charge in [-0.1, -0.05) is 12.1 Å². The van der Waals surface area contributed by atoms with Crippen molar-refractivity contribution in [1.82, 2.24) is 5.32 Å². The first-order valence-electron chi connectivity index (χ1n) is 6.25. The van der Waals surface area contributed by atoms with Crippen LogP contribution >= 0.6 is 0 Å². The normalized spacial score (nSPS) is 10.1. The Morgan fingerprint density at radius 2 is 1.85 bits per heavy atom. The van der Waals surface area contributed by atoms with Crippen molar-refractivity contribution in [3.05, 3.63) is 53.5 Å². The molecule has 2 aromatic rings. The minimum atomic E-state index is -0.165.